The van der Waals surface area contributed by atoms with Crippen molar-refractivity contribution in [2.24, 2.45) is 0 Å². The van der Waals surface area contributed by atoms with E-state index < -0.39 is 0 Å². The van der Waals surface area contributed by atoms with E-state index in [2.05, 4.69) is 92.8 Å². The summed E-state index contributed by atoms with van der Waals surface area (Å²) >= 11 is 0. The van der Waals surface area contributed by atoms with Crippen LogP contribution in [0.15, 0.2) is 54.6 Å². The Balaban J connectivity index is 1.83. The Kier molecular flexibility index (Phi) is 7.29. The number of ether oxygens (including phenoxy) is 1. The van der Waals surface area contributed by atoms with Gasteiger partial charge in [-0.05, 0) is 57.6 Å². The molecule has 0 heterocycles. The minimum absolute atomic E-state index is 0.294. The normalized spacial score (nSPS) is 13.7. The molecular weight excluding hydrogens is 296 g/mol. The Morgan fingerprint density at radius 1 is 0.875 bits per heavy atom. The fraction of sp³-hybridized carbons (Fsp3) is 0.429. The van der Waals surface area contributed by atoms with Crippen molar-refractivity contribution < 1.29 is 4.74 Å². The summed E-state index contributed by atoms with van der Waals surface area (Å²) in [7, 11) is 4.17. The second kappa shape index (κ2) is 9.45. The molecule has 1 N–H and O–H groups in total. The molecular formula is C21H30N2O. The van der Waals surface area contributed by atoms with E-state index >= 15 is 0 Å². The summed E-state index contributed by atoms with van der Waals surface area (Å²) < 4.78 is 5.79. The highest BCUT2D eigenvalue weighted by atomic mass is 16.5. The highest BCUT2D eigenvalue weighted by Gasteiger charge is 2.11. The molecule has 0 radical (unpaired) electrons. The van der Waals surface area contributed by atoms with Gasteiger partial charge in [-0.3, -0.25) is 0 Å². The third-order valence-electron chi connectivity index (χ3n) is 4.20. The van der Waals surface area contributed by atoms with Crippen molar-refractivity contribution in [2.45, 2.75) is 32.4 Å². The molecule has 0 bridgehead atoms. The Labute approximate surface area is 146 Å². The van der Waals surface area contributed by atoms with Gasteiger partial charge in [0.1, 0.15) is 5.75 Å². The Bertz CT molecular complexity index is 581. The van der Waals surface area contributed by atoms with Gasteiger partial charge in [0.2, 0.25) is 0 Å². The third kappa shape index (κ3) is 5.99. The SMILES string of the molecule is CC(NC(C)c1ccc(OCCCN(C)C)cc1)c1ccccc1. The lowest BCUT2D eigenvalue weighted by molar-refractivity contribution is 0.281. The zero-order valence-corrected chi connectivity index (χ0v) is 15.3. The molecule has 0 saturated carbocycles. The molecule has 2 aromatic rings. The first kappa shape index (κ1) is 18.5. The largest absolute Gasteiger partial charge is 0.494 e. The van der Waals surface area contributed by atoms with Gasteiger partial charge in [0.05, 0.1) is 6.61 Å². The topological polar surface area (TPSA) is 24.5 Å². The van der Waals surface area contributed by atoms with Gasteiger partial charge in [-0.15, -0.1) is 0 Å². The summed E-state index contributed by atoms with van der Waals surface area (Å²) in [5, 5.41) is 3.65. The predicted octanol–water partition coefficient (Wildman–Crippen LogP) is 4.43. The molecule has 0 amide bonds. The lowest BCUT2D eigenvalue weighted by atomic mass is 10.0. The van der Waals surface area contributed by atoms with E-state index in [0.717, 1.165) is 25.3 Å². The molecule has 2 unspecified atom stereocenters. The first-order valence-electron chi connectivity index (χ1n) is 8.74. The van der Waals surface area contributed by atoms with Gasteiger partial charge >= 0.3 is 0 Å². The van der Waals surface area contributed by atoms with Crippen LogP contribution in [0.3, 0.4) is 0 Å². The van der Waals surface area contributed by atoms with E-state index in [4.69, 9.17) is 4.74 Å². The van der Waals surface area contributed by atoms with Crippen molar-refractivity contribution in [2.75, 3.05) is 27.2 Å². The van der Waals surface area contributed by atoms with E-state index in [-0.39, 0.29) is 0 Å². The van der Waals surface area contributed by atoms with Gasteiger partial charge in [-0.2, -0.15) is 0 Å². The summed E-state index contributed by atoms with van der Waals surface area (Å²) in [4.78, 5) is 2.17. The second-order valence-corrected chi connectivity index (χ2v) is 6.60. The van der Waals surface area contributed by atoms with Gasteiger partial charge in [-0.1, -0.05) is 42.5 Å². The van der Waals surface area contributed by atoms with E-state index in [9.17, 15) is 0 Å². The van der Waals surface area contributed by atoms with Crippen molar-refractivity contribution >= 4 is 0 Å². The van der Waals surface area contributed by atoms with Gasteiger partial charge in [-0.25, -0.2) is 0 Å². The number of nitrogens with zero attached hydrogens (tertiary/aromatic N) is 1. The quantitative estimate of drug-likeness (QED) is 0.690. The van der Waals surface area contributed by atoms with Crippen LogP contribution in [-0.2, 0) is 0 Å². The van der Waals surface area contributed by atoms with Crippen molar-refractivity contribution in [3.8, 4) is 5.75 Å². The zero-order chi connectivity index (χ0) is 17.4. The average molecular weight is 326 g/mol. The average Bonchev–Trinajstić information content (AvgIpc) is 2.59. The van der Waals surface area contributed by atoms with E-state index in [0.29, 0.717) is 12.1 Å². The van der Waals surface area contributed by atoms with E-state index in [1.807, 2.05) is 0 Å². The number of hydrogen-bond acceptors (Lipinski definition) is 3. The Hall–Kier alpha value is -1.84. The standard InChI is InChI=1S/C21H30N2O/c1-17(19-9-6-5-7-10-19)22-18(2)20-11-13-21(14-12-20)24-16-8-15-23(3)4/h5-7,9-14,17-18,22H,8,15-16H2,1-4H3. The van der Waals surface area contributed by atoms with Crippen LogP contribution in [0, 0.1) is 0 Å². The van der Waals surface area contributed by atoms with Gasteiger partial charge in [0, 0.05) is 18.6 Å². The minimum Gasteiger partial charge on any atom is -0.494 e. The molecule has 2 aromatic carbocycles. The van der Waals surface area contributed by atoms with E-state index in [1.165, 1.54) is 11.1 Å². The zero-order valence-electron chi connectivity index (χ0n) is 15.3. The molecule has 0 aliphatic rings. The number of rotatable bonds is 9. The van der Waals surface area contributed by atoms with Crippen LogP contribution in [0.2, 0.25) is 0 Å². The van der Waals surface area contributed by atoms with Crippen LogP contribution in [0.25, 0.3) is 0 Å². The van der Waals surface area contributed by atoms with Crippen LogP contribution in [0.5, 0.6) is 5.75 Å². The summed E-state index contributed by atoms with van der Waals surface area (Å²) in [6.45, 7) is 6.22. The maximum atomic E-state index is 5.79. The lowest BCUT2D eigenvalue weighted by Gasteiger charge is -2.21. The summed E-state index contributed by atoms with van der Waals surface area (Å²) in [5.41, 5.74) is 2.59. The van der Waals surface area contributed by atoms with Crippen LogP contribution in [-0.4, -0.2) is 32.1 Å². The summed E-state index contributed by atoms with van der Waals surface area (Å²) in [5.74, 6) is 0.945. The molecule has 2 rings (SSSR count). The molecule has 0 aliphatic carbocycles. The molecule has 3 nitrogen and oxygen atoms in total. The molecule has 0 fully saturated rings. The smallest absolute Gasteiger partial charge is 0.119 e. The molecule has 0 saturated heterocycles. The fourth-order valence-corrected chi connectivity index (χ4v) is 2.73. The van der Waals surface area contributed by atoms with Crippen LogP contribution < -0.4 is 10.1 Å². The maximum absolute atomic E-state index is 5.79. The highest BCUT2D eigenvalue weighted by molar-refractivity contribution is 5.29. The molecule has 0 aliphatic heterocycles. The fourth-order valence-electron chi connectivity index (χ4n) is 2.73. The van der Waals surface area contributed by atoms with Crippen molar-refractivity contribution in [1.82, 2.24) is 10.2 Å². The molecule has 0 spiro atoms. The molecule has 24 heavy (non-hydrogen) atoms. The third-order valence-corrected chi connectivity index (χ3v) is 4.20. The summed E-state index contributed by atoms with van der Waals surface area (Å²) in [6, 6.07) is 19.6. The highest BCUT2D eigenvalue weighted by Crippen LogP contribution is 2.21. The Morgan fingerprint density at radius 2 is 1.46 bits per heavy atom. The molecule has 2 atom stereocenters. The minimum atomic E-state index is 0.294. The number of benzene rings is 2. The van der Waals surface area contributed by atoms with Crippen LogP contribution in [0.4, 0.5) is 0 Å². The van der Waals surface area contributed by atoms with E-state index in [1.54, 1.807) is 0 Å². The number of hydrogen-bond donors (Lipinski definition) is 1. The van der Waals surface area contributed by atoms with Crippen molar-refractivity contribution in [3.63, 3.8) is 0 Å². The first-order valence-corrected chi connectivity index (χ1v) is 8.74. The van der Waals surface area contributed by atoms with Gasteiger partial charge in [0.15, 0.2) is 0 Å². The maximum Gasteiger partial charge on any atom is 0.119 e. The van der Waals surface area contributed by atoms with Crippen molar-refractivity contribution in [3.05, 3.63) is 65.7 Å². The first-order chi connectivity index (χ1) is 11.6. The van der Waals surface area contributed by atoms with Gasteiger partial charge in [0.25, 0.3) is 0 Å². The lowest BCUT2D eigenvalue weighted by Crippen LogP contribution is -2.22. The number of nitrogens with one attached hydrogen (secondary N) is 1. The second-order valence-electron chi connectivity index (χ2n) is 6.60. The van der Waals surface area contributed by atoms with Crippen LogP contribution in [0.1, 0.15) is 43.5 Å². The molecule has 3 heteroatoms. The molecule has 130 valence electrons. The molecule has 0 aromatic heterocycles. The van der Waals surface area contributed by atoms with Crippen LogP contribution >= 0.6 is 0 Å². The van der Waals surface area contributed by atoms with Gasteiger partial charge < -0.3 is 15.0 Å². The monoisotopic (exact) mass is 326 g/mol. The van der Waals surface area contributed by atoms with Crippen molar-refractivity contribution in [1.29, 1.82) is 0 Å². The Morgan fingerprint density at radius 3 is 2.04 bits per heavy atom. The summed E-state index contributed by atoms with van der Waals surface area (Å²) in [6.07, 6.45) is 1.04. The predicted molar refractivity (Wildman–Crippen MR) is 102 cm³/mol.